The standard InChI is InChI=1S/C13H14N2O3/c1-7(2)8-3-5-9(6-4-8)11-10(13(17)18)12(16)15-14-11/h3-7H,1-2H3,(H,17,18)(H2,14,15,16). The zero-order valence-corrected chi connectivity index (χ0v) is 10.2. The van der Waals surface area contributed by atoms with Crippen LogP contribution < -0.4 is 5.56 Å². The van der Waals surface area contributed by atoms with Gasteiger partial charge in [0.05, 0.1) is 5.69 Å². The fraction of sp³-hybridized carbons (Fsp3) is 0.231. The maximum Gasteiger partial charge on any atom is 0.343 e. The number of hydrogen-bond acceptors (Lipinski definition) is 2. The zero-order valence-electron chi connectivity index (χ0n) is 10.2. The van der Waals surface area contributed by atoms with Crippen molar-refractivity contribution in [2.24, 2.45) is 0 Å². The highest BCUT2D eigenvalue weighted by Crippen LogP contribution is 2.22. The highest BCUT2D eigenvalue weighted by atomic mass is 16.4. The first-order valence-electron chi connectivity index (χ1n) is 5.65. The summed E-state index contributed by atoms with van der Waals surface area (Å²) in [4.78, 5) is 22.4. The minimum Gasteiger partial charge on any atom is -0.477 e. The number of aromatic nitrogens is 2. The van der Waals surface area contributed by atoms with E-state index in [0.29, 0.717) is 17.2 Å². The molecule has 0 unspecified atom stereocenters. The monoisotopic (exact) mass is 246 g/mol. The number of carbonyl (C=O) groups is 1. The molecule has 0 radical (unpaired) electrons. The van der Waals surface area contributed by atoms with E-state index in [0.717, 1.165) is 5.56 Å². The van der Waals surface area contributed by atoms with Crippen LogP contribution in [0.2, 0.25) is 0 Å². The third-order valence-electron chi connectivity index (χ3n) is 2.86. The summed E-state index contributed by atoms with van der Waals surface area (Å²) in [5.74, 6) is -0.830. The van der Waals surface area contributed by atoms with Gasteiger partial charge in [0.15, 0.2) is 5.56 Å². The second kappa shape index (κ2) is 4.52. The molecule has 0 fully saturated rings. The average molecular weight is 246 g/mol. The summed E-state index contributed by atoms with van der Waals surface area (Å²) < 4.78 is 0. The number of H-pyrrole nitrogens is 2. The van der Waals surface area contributed by atoms with Crippen molar-refractivity contribution in [1.82, 2.24) is 10.2 Å². The van der Waals surface area contributed by atoms with E-state index in [4.69, 9.17) is 5.11 Å². The van der Waals surface area contributed by atoms with Crippen molar-refractivity contribution in [2.75, 3.05) is 0 Å². The van der Waals surface area contributed by atoms with E-state index in [1.165, 1.54) is 0 Å². The summed E-state index contributed by atoms with van der Waals surface area (Å²) in [6.45, 7) is 4.16. The summed E-state index contributed by atoms with van der Waals surface area (Å²) in [7, 11) is 0. The van der Waals surface area contributed by atoms with Gasteiger partial charge in [0.1, 0.15) is 0 Å². The smallest absolute Gasteiger partial charge is 0.343 e. The summed E-state index contributed by atoms with van der Waals surface area (Å²) in [6, 6.07) is 7.47. The number of carboxylic acids is 1. The quantitative estimate of drug-likeness (QED) is 0.775. The lowest BCUT2D eigenvalue weighted by molar-refractivity contribution is 0.0696. The van der Waals surface area contributed by atoms with Crippen molar-refractivity contribution < 1.29 is 9.90 Å². The van der Waals surface area contributed by atoms with Gasteiger partial charge in [-0.1, -0.05) is 38.1 Å². The van der Waals surface area contributed by atoms with Gasteiger partial charge in [-0.05, 0) is 11.5 Å². The van der Waals surface area contributed by atoms with Crippen molar-refractivity contribution in [2.45, 2.75) is 19.8 Å². The van der Waals surface area contributed by atoms with Gasteiger partial charge >= 0.3 is 5.97 Å². The topological polar surface area (TPSA) is 86.0 Å². The number of aromatic carboxylic acids is 1. The van der Waals surface area contributed by atoms with Gasteiger partial charge in [0.2, 0.25) is 0 Å². The predicted octanol–water partition coefficient (Wildman–Crippen LogP) is 2.19. The number of hydrogen-bond donors (Lipinski definition) is 3. The Balaban J connectivity index is 2.49. The molecular formula is C13H14N2O3. The molecule has 94 valence electrons. The van der Waals surface area contributed by atoms with E-state index < -0.39 is 11.5 Å². The number of aromatic amines is 2. The Morgan fingerprint density at radius 2 is 1.78 bits per heavy atom. The summed E-state index contributed by atoms with van der Waals surface area (Å²) in [5, 5.41) is 13.9. The van der Waals surface area contributed by atoms with E-state index in [-0.39, 0.29) is 5.56 Å². The van der Waals surface area contributed by atoms with Crippen molar-refractivity contribution >= 4 is 5.97 Å². The molecule has 0 atom stereocenters. The average Bonchev–Trinajstić information content (AvgIpc) is 2.71. The SMILES string of the molecule is CC(C)c1ccc(-c2[nH][nH]c(=O)c2C(=O)O)cc1. The highest BCUT2D eigenvalue weighted by Gasteiger charge is 2.18. The van der Waals surface area contributed by atoms with Crippen LogP contribution >= 0.6 is 0 Å². The number of benzene rings is 1. The van der Waals surface area contributed by atoms with Crippen LogP contribution in [0, 0.1) is 0 Å². The molecule has 0 aliphatic carbocycles. The Kier molecular flexibility index (Phi) is 3.06. The lowest BCUT2D eigenvalue weighted by Gasteiger charge is -2.06. The Bertz CT molecular complexity index is 620. The van der Waals surface area contributed by atoms with E-state index in [1.807, 2.05) is 12.1 Å². The van der Waals surface area contributed by atoms with Crippen LogP contribution in [0.1, 0.15) is 35.7 Å². The van der Waals surface area contributed by atoms with Crippen LogP contribution in [0.4, 0.5) is 0 Å². The summed E-state index contributed by atoms with van der Waals surface area (Å²) in [5.41, 5.74) is 1.27. The molecular weight excluding hydrogens is 232 g/mol. The fourth-order valence-corrected chi connectivity index (χ4v) is 1.81. The van der Waals surface area contributed by atoms with Gasteiger partial charge in [-0.25, -0.2) is 4.79 Å². The third kappa shape index (κ3) is 2.07. The Morgan fingerprint density at radius 1 is 1.17 bits per heavy atom. The lowest BCUT2D eigenvalue weighted by Crippen LogP contribution is -2.12. The second-order valence-electron chi connectivity index (χ2n) is 4.41. The largest absolute Gasteiger partial charge is 0.477 e. The van der Waals surface area contributed by atoms with E-state index in [2.05, 4.69) is 24.0 Å². The third-order valence-corrected chi connectivity index (χ3v) is 2.86. The Morgan fingerprint density at radius 3 is 2.28 bits per heavy atom. The maximum absolute atomic E-state index is 11.4. The number of rotatable bonds is 3. The van der Waals surface area contributed by atoms with Crippen LogP contribution in [-0.2, 0) is 0 Å². The minimum absolute atomic E-state index is 0.257. The molecule has 5 heteroatoms. The van der Waals surface area contributed by atoms with Crippen LogP contribution in [0.25, 0.3) is 11.3 Å². The number of nitrogens with one attached hydrogen (secondary N) is 2. The maximum atomic E-state index is 11.4. The molecule has 5 nitrogen and oxygen atoms in total. The van der Waals surface area contributed by atoms with Crippen LogP contribution in [0.3, 0.4) is 0 Å². The predicted molar refractivity (Wildman–Crippen MR) is 67.9 cm³/mol. The number of carboxylic acid groups (broad SMARTS) is 1. The van der Waals surface area contributed by atoms with Gasteiger partial charge in [-0.2, -0.15) is 0 Å². The van der Waals surface area contributed by atoms with E-state index in [1.54, 1.807) is 12.1 Å². The molecule has 0 aliphatic rings. The van der Waals surface area contributed by atoms with Crippen molar-refractivity contribution in [3.05, 3.63) is 45.7 Å². The normalized spacial score (nSPS) is 10.8. The lowest BCUT2D eigenvalue weighted by atomic mass is 10.00. The summed E-state index contributed by atoms with van der Waals surface area (Å²) >= 11 is 0. The molecule has 1 aromatic carbocycles. The Labute approximate surface area is 103 Å². The van der Waals surface area contributed by atoms with Crippen LogP contribution in [0.5, 0.6) is 0 Å². The van der Waals surface area contributed by atoms with Gasteiger partial charge < -0.3 is 5.11 Å². The van der Waals surface area contributed by atoms with Crippen molar-refractivity contribution in [3.8, 4) is 11.3 Å². The van der Waals surface area contributed by atoms with E-state index in [9.17, 15) is 9.59 Å². The van der Waals surface area contributed by atoms with Crippen LogP contribution in [-0.4, -0.2) is 21.3 Å². The molecule has 0 saturated heterocycles. The molecule has 1 aromatic heterocycles. The molecule has 2 rings (SSSR count). The zero-order chi connectivity index (χ0) is 13.3. The minimum atomic E-state index is -1.24. The molecule has 18 heavy (non-hydrogen) atoms. The van der Waals surface area contributed by atoms with Gasteiger partial charge in [0.25, 0.3) is 5.56 Å². The fourth-order valence-electron chi connectivity index (χ4n) is 1.81. The first-order chi connectivity index (χ1) is 8.50. The molecule has 0 spiro atoms. The summed E-state index contributed by atoms with van der Waals surface area (Å²) in [6.07, 6.45) is 0. The highest BCUT2D eigenvalue weighted by molar-refractivity contribution is 5.94. The van der Waals surface area contributed by atoms with E-state index >= 15 is 0 Å². The molecule has 3 N–H and O–H groups in total. The molecule has 0 saturated carbocycles. The van der Waals surface area contributed by atoms with Gasteiger partial charge in [-0.3, -0.25) is 15.0 Å². The van der Waals surface area contributed by atoms with Crippen LogP contribution in [0.15, 0.2) is 29.1 Å². The molecule has 0 aliphatic heterocycles. The molecule has 2 aromatic rings. The van der Waals surface area contributed by atoms with Crippen molar-refractivity contribution in [3.63, 3.8) is 0 Å². The second-order valence-corrected chi connectivity index (χ2v) is 4.41. The van der Waals surface area contributed by atoms with Gasteiger partial charge in [0, 0.05) is 5.56 Å². The molecule has 0 bridgehead atoms. The first-order valence-corrected chi connectivity index (χ1v) is 5.65. The molecule has 0 amide bonds. The Hall–Kier alpha value is -2.30. The first kappa shape index (κ1) is 12.2. The van der Waals surface area contributed by atoms with Gasteiger partial charge in [-0.15, -0.1) is 0 Å². The molecule has 1 heterocycles. The van der Waals surface area contributed by atoms with Crippen molar-refractivity contribution in [1.29, 1.82) is 0 Å².